The molecule has 0 fully saturated rings. The fraction of sp³-hybridized carbons (Fsp3) is 0.557. The molecule has 0 radical (unpaired) electrons. The van der Waals surface area contributed by atoms with Gasteiger partial charge < -0.3 is 120 Å². The van der Waals surface area contributed by atoms with Crippen LogP contribution in [0.15, 0.2) is 40.3 Å². The number of unbranched alkanes of at least 4 members (excludes halogenated alkanes) is 2. The minimum atomic E-state index is -2.57. The SMILES string of the molecule is C[C@H](NC(=O)CNC(=O)[C@@H](NC(=O)[C@H](Cc1c(F)c(F)c(F)c(F)c1F)NC(=O)CNC(=O)CNC(=O)[C@@H](N)Cc1ccccc1)[C@@H](C)O)C(=O)N[C@@H](CCCN=C(N)N)C(=O)N[C@@H](CCCCN)C(=O)N[C@@H](CO)C(=O)N[C@@H](C)C(=O)N[C@@H](CCCN=C(N)N)C(=O)N[C@@H](CCCCN)C(N)=O. The summed E-state index contributed by atoms with van der Waals surface area (Å²) in [5, 5.41) is 47.9. The number of amides is 13. The van der Waals surface area contributed by atoms with Gasteiger partial charge in [0.25, 0.3) is 0 Å². The van der Waals surface area contributed by atoms with Crippen molar-refractivity contribution in [2.45, 2.75) is 164 Å². The quantitative estimate of drug-likeness (QED) is 0.00731. The lowest BCUT2D eigenvalue weighted by molar-refractivity contribution is -0.136. The normalized spacial score (nSPS) is 14.1. The van der Waals surface area contributed by atoms with E-state index >= 15 is 0 Å². The molecule has 0 saturated heterocycles. The molecule has 42 heteroatoms. The lowest BCUT2D eigenvalue weighted by Crippen LogP contribution is -2.60. The summed E-state index contributed by atoms with van der Waals surface area (Å²) in [5.41, 5.74) is 43.5. The van der Waals surface area contributed by atoms with E-state index in [2.05, 4.69) is 63.2 Å². The maximum absolute atomic E-state index is 15.0. The number of nitrogens with one attached hydrogen (secondary N) is 12. The van der Waals surface area contributed by atoms with Gasteiger partial charge in [-0.05, 0) is 110 Å². The third-order valence-electron chi connectivity index (χ3n) is 15.0. The van der Waals surface area contributed by atoms with Crippen molar-refractivity contribution in [3.05, 3.63) is 70.5 Å². The van der Waals surface area contributed by atoms with Crippen LogP contribution in [0.3, 0.4) is 0 Å². The van der Waals surface area contributed by atoms with Crippen molar-refractivity contribution in [3.63, 3.8) is 0 Å². The second-order valence-corrected chi connectivity index (χ2v) is 23.5. The average Bonchev–Trinajstić information content (AvgIpc) is 0.792. The van der Waals surface area contributed by atoms with Crippen LogP contribution in [0.2, 0.25) is 0 Å². The van der Waals surface area contributed by atoms with Gasteiger partial charge in [-0.3, -0.25) is 72.3 Å². The van der Waals surface area contributed by atoms with Crippen molar-refractivity contribution in [2.75, 3.05) is 52.4 Å². The van der Waals surface area contributed by atoms with Crippen LogP contribution < -0.4 is 110 Å². The van der Waals surface area contributed by atoms with E-state index in [4.69, 9.17) is 45.9 Å². The number of carbonyl (C=O) groups excluding carboxylic acids is 13. The molecular weight excluding hydrogens is 1380 g/mol. The summed E-state index contributed by atoms with van der Waals surface area (Å²) in [6.07, 6.45) is -2.08. The molecule has 0 bridgehead atoms. The van der Waals surface area contributed by atoms with E-state index in [9.17, 15) is 94.5 Å². The molecule has 0 aliphatic heterocycles. The summed E-state index contributed by atoms with van der Waals surface area (Å²) >= 11 is 0. The summed E-state index contributed by atoms with van der Waals surface area (Å²) in [7, 11) is 0. The zero-order valence-corrected chi connectivity index (χ0v) is 57.0. The smallest absolute Gasteiger partial charge is 0.245 e. The minimum Gasteiger partial charge on any atom is -0.394 e. The highest BCUT2D eigenvalue weighted by Gasteiger charge is 2.36. The van der Waals surface area contributed by atoms with Crippen molar-refractivity contribution < 1.29 is 94.5 Å². The van der Waals surface area contributed by atoms with E-state index in [1.54, 1.807) is 30.3 Å². The van der Waals surface area contributed by atoms with Gasteiger partial charge in [0.2, 0.25) is 82.6 Å². The van der Waals surface area contributed by atoms with Crippen LogP contribution in [0.1, 0.15) is 96.1 Å². The molecule has 2 rings (SSSR count). The summed E-state index contributed by atoms with van der Waals surface area (Å²) in [6, 6.07) is -7.37. The van der Waals surface area contributed by atoms with Crippen LogP contribution in [-0.2, 0) is 75.2 Å². The Morgan fingerprint density at radius 2 is 0.825 bits per heavy atom. The van der Waals surface area contributed by atoms with Gasteiger partial charge >= 0.3 is 0 Å². The van der Waals surface area contributed by atoms with E-state index in [0.717, 1.165) is 13.8 Å². The Balaban J connectivity index is 2.26. The average molecular weight is 1470 g/mol. The van der Waals surface area contributed by atoms with Gasteiger partial charge in [0, 0.05) is 25.1 Å². The van der Waals surface area contributed by atoms with Crippen molar-refractivity contribution >= 4 is 88.7 Å². The molecular formula is C61H95F5N22O15. The zero-order chi connectivity index (χ0) is 77.6. The first-order valence-electron chi connectivity index (χ1n) is 32.5. The summed E-state index contributed by atoms with van der Waals surface area (Å²) in [5.74, 6) is -26.9. The Morgan fingerprint density at radius 3 is 1.30 bits per heavy atom. The van der Waals surface area contributed by atoms with Crippen LogP contribution in [0.25, 0.3) is 0 Å². The number of hydrogen-bond donors (Lipinski definition) is 22. The van der Waals surface area contributed by atoms with Crippen LogP contribution in [0.4, 0.5) is 22.0 Å². The molecule has 0 heterocycles. The first kappa shape index (κ1) is 88.6. The first-order chi connectivity index (χ1) is 48.6. The third kappa shape index (κ3) is 32.4. The first-order valence-corrected chi connectivity index (χ1v) is 32.5. The van der Waals surface area contributed by atoms with E-state index in [1.165, 1.54) is 6.92 Å². The molecule has 0 aromatic heterocycles. The summed E-state index contributed by atoms with van der Waals surface area (Å²) in [6.45, 7) is -0.236. The highest BCUT2D eigenvalue weighted by atomic mass is 19.2. The molecule has 0 aliphatic carbocycles. The lowest BCUT2D eigenvalue weighted by atomic mass is 10.0. The van der Waals surface area contributed by atoms with Gasteiger partial charge in [0.1, 0.15) is 54.4 Å². The largest absolute Gasteiger partial charge is 0.394 e. The highest BCUT2D eigenvalue weighted by Crippen LogP contribution is 2.24. The van der Waals surface area contributed by atoms with E-state index in [-0.39, 0.29) is 82.9 Å². The monoisotopic (exact) mass is 1470 g/mol. The predicted octanol–water partition coefficient (Wildman–Crippen LogP) is -8.53. The van der Waals surface area contributed by atoms with Gasteiger partial charge in [0.15, 0.2) is 35.2 Å². The van der Waals surface area contributed by atoms with E-state index < -0.39 is 211 Å². The molecule has 30 N–H and O–H groups in total. The predicted molar refractivity (Wildman–Crippen MR) is 359 cm³/mol. The molecule has 13 amide bonds. The molecule has 37 nitrogen and oxygen atoms in total. The summed E-state index contributed by atoms with van der Waals surface area (Å²) in [4.78, 5) is 181. The number of nitrogens with two attached hydrogens (primary N) is 8. The molecule has 11 atom stereocenters. The lowest BCUT2D eigenvalue weighted by Gasteiger charge is -2.26. The van der Waals surface area contributed by atoms with Gasteiger partial charge in [-0.15, -0.1) is 0 Å². The second kappa shape index (κ2) is 46.1. The van der Waals surface area contributed by atoms with Crippen LogP contribution in [0.5, 0.6) is 0 Å². The van der Waals surface area contributed by atoms with Crippen molar-refractivity contribution in [1.29, 1.82) is 0 Å². The Hall–Kier alpha value is -10.5. The fourth-order valence-corrected chi connectivity index (χ4v) is 9.35. The van der Waals surface area contributed by atoms with Crippen LogP contribution in [-0.4, -0.2) is 218 Å². The maximum Gasteiger partial charge on any atom is 0.245 e. The number of guanidine groups is 2. The van der Waals surface area contributed by atoms with Crippen LogP contribution in [0, 0.1) is 29.1 Å². The number of carbonyl (C=O) groups is 13. The Morgan fingerprint density at radius 1 is 0.427 bits per heavy atom. The number of benzene rings is 2. The number of halogens is 5. The molecule has 103 heavy (non-hydrogen) atoms. The van der Waals surface area contributed by atoms with E-state index in [0.29, 0.717) is 31.4 Å². The van der Waals surface area contributed by atoms with E-state index in [1.807, 2.05) is 10.6 Å². The Bertz CT molecular complexity index is 3270. The number of aliphatic hydroxyl groups excluding tert-OH is 2. The van der Waals surface area contributed by atoms with Crippen molar-refractivity contribution in [3.8, 4) is 0 Å². The van der Waals surface area contributed by atoms with Crippen LogP contribution >= 0.6 is 0 Å². The number of hydrogen-bond acceptors (Lipinski definition) is 20. The Labute approximate surface area is 588 Å². The van der Waals surface area contributed by atoms with Gasteiger partial charge in [-0.2, -0.15) is 0 Å². The number of aliphatic hydroxyl groups is 2. The fourth-order valence-electron chi connectivity index (χ4n) is 9.35. The standard InChI is InChI=1S/C61H95F5N22O15/c1-29(80-42(92)27-79-59(103)49(31(3)90)88-57(101)39(24-33-44(62)46(64)48(66)47(65)45(33)63)82-43(93)26-77-41(91)25-78-53(97)34(69)23-32-13-5-4-6-14-32)51(95)84-38(18-12-22-76-61(73)74)55(99)86-36(16-8-10-20-68)56(100)87-40(28-89)58(102)81-30(2)52(96)85-37(17-11-21-75-60(71)72)54(98)83-35(50(70)94)15-7-9-19-67/h4-6,13-14,29-31,34-40,49,89-90H,7-12,15-28,67-69H2,1-3H3,(H2,70,94)(H,77,91)(H,78,97)(H,79,103)(H,80,92)(H,81,102)(H,82,93)(H,83,98)(H,84,95)(H,85,96)(H,86,99)(H,87,100)(H,88,101)(H4,71,72,75)(H4,73,74,76)/t29-,30-,31+,34-,35-,36-,37-,38-,39-,40-,49-/m0/s1. The molecule has 0 spiro atoms. The van der Waals surface area contributed by atoms with Crippen molar-refractivity contribution in [1.82, 2.24) is 63.8 Å². The molecule has 0 saturated carbocycles. The molecule has 2 aromatic carbocycles. The summed E-state index contributed by atoms with van der Waals surface area (Å²) < 4.78 is 72.7. The number of primary amides is 1. The molecule has 0 unspecified atom stereocenters. The Kier molecular flexibility index (Phi) is 39.7. The van der Waals surface area contributed by atoms with Gasteiger partial charge in [0.05, 0.1) is 38.4 Å². The molecule has 0 aliphatic rings. The minimum absolute atomic E-state index is 0.00371. The number of aliphatic imine (C=N–C) groups is 2. The number of rotatable bonds is 47. The third-order valence-corrected chi connectivity index (χ3v) is 15.0. The molecule has 2 aromatic rings. The second-order valence-electron chi connectivity index (χ2n) is 23.5. The maximum atomic E-state index is 15.0. The number of nitrogens with zero attached hydrogens (tertiary/aromatic N) is 2. The highest BCUT2D eigenvalue weighted by molar-refractivity contribution is 5.99. The zero-order valence-electron chi connectivity index (χ0n) is 57.0. The van der Waals surface area contributed by atoms with Gasteiger partial charge in [-0.1, -0.05) is 30.3 Å². The topological polar surface area (TPSA) is 640 Å². The van der Waals surface area contributed by atoms with Crippen molar-refractivity contribution in [2.24, 2.45) is 55.9 Å². The van der Waals surface area contributed by atoms with Gasteiger partial charge in [-0.25, -0.2) is 22.0 Å². The molecule has 574 valence electrons.